The van der Waals surface area contributed by atoms with Gasteiger partial charge in [0.05, 0.1) is 28.4 Å². The molecule has 0 unspecified atom stereocenters. The summed E-state index contributed by atoms with van der Waals surface area (Å²) in [5.41, 5.74) is 0.0854. The monoisotopic (exact) mass is 558 g/mol. The van der Waals surface area contributed by atoms with Crippen molar-refractivity contribution in [3.05, 3.63) is 72.0 Å². The van der Waals surface area contributed by atoms with Crippen LogP contribution in [0.15, 0.2) is 65.6 Å². The maximum Gasteiger partial charge on any atom is 0.416 e. The number of alkyl halides is 5. The van der Waals surface area contributed by atoms with Gasteiger partial charge in [-0.3, -0.25) is 4.31 Å². The van der Waals surface area contributed by atoms with Crippen LogP contribution in [0.1, 0.15) is 25.3 Å². The summed E-state index contributed by atoms with van der Waals surface area (Å²) in [6, 6.07) is 11.3. The van der Waals surface area contributed by atoms with Crippen molar-refractivity contribution in [2.45, 2.75) is 37.4 Å². The van der Waals surface area contributed by atoms with Crippen molar-refractivity contribution in [2.24, 2.45) is 0 Å². The molecule has 1 heterocycles. The Kier molecular flexibility index (Phi) is 7.82. The fourth-order valence-electron chi connectivity index (χ4n) is 4.31. The molecule has 0 bridgehead atoms. The van der Waals surface area contributed by atoms with Crippen LogP contribution in [0.5, 0.6) is 5.75 Å². The number of unbranched alkanes of at least 4 members (excludes halogenated alkanes) is 1. The molecule has 0 radical (unpaired) electrons. The van der Waals surface area contributed by atoms with E-state index in [0.29, 0.717) is 30.4 Å². The van der Waals surface area contributed by atoms with Gasteiger partial charge < -0.3 is 9.64 Å². The van der Waals surface area contributed by atoms with Gasteiger partial charge in [-0.2, -0.15) is 22.0 Å². The van der Waals surface area contributed by atoms with E-state index >= 15 is 0 Å². The summed E-state index contributed by atoms with van der Waals surface area (Å²) >= 11 is 0. The summed E-state index contributed by atoms with van der Waals surface area (Å²) in [5, 5.41) is 0. The number of hydrogen-bond donors (Lipinski definition) is 0. The van der Waals surface area contributed by atoms with Crippen LogP contribution in [0, 0.1) is 5.82 Å². The second-order valence-electron chi connectivity index (χ2n) is 8.70. The van der Waals surface area contributed by atoms with E-state index in [-0.39, 0.29) is 17.8 Å². The Morgan fingerprint density at radius 3 is 2.39 bits per heavy atom. The molecule has 0 aliphatic carbocycles. The van der Waals surface area contributed by atoms with Gasteiger partial charge in [-0.1, -0.05) is 25.5 Å². The lowest BCUT2D eigenvalue weighted by Crippen LogP contribution is -2.44. The minimum absolute atomic E-state index is 0.0400. The zero-order valence-electron chi connectivity index (χ0n) is 20.2. The third-order valence-corrected chi connectivity index (χ3v) is 7.93. The van der Waals surface area contributed by atoms with E-state index in [1.807, 2.05) is 11.8 Å². The van der Waals surface area contributed by atoms with Gasteiger partial charge in [0.2, 0.25) is 0 Å². The molecule has 0 N–H and O–H groups in total. The van der Waals surface area contributed by atoms with Crippen LogP contribution in [-0.4, -0.2) is 34.7 Å². The molecular formula is C26H24F6N2O3S. The van der Waals surface area contributed by atoms with Crippen molar-refractivity contribution >= 4 is 21.4 Å². The molecule has 0 saturated heterocycles. The highest BCUT2D eigenvalue weighted by molar-refractivity contribution is 7.92. The van der Waals surface area contributed by atoms with Gasteiger partial charge in [0.15, 0.2) is 0 Å². The molecular weight excluding hydrogens is 534 g/mol. The Morgan fingerprint density at radius 1 is 0.947 bits per heavy atom. The van der Waals surface area contributed by atoms with Gasteiger partial charge in [0.25, 0.3) is 10.0 Å². The van der Waals surface area contributed by atoms with Crippen LogP contribution >= 0.6 is 0 Å². The first-order valence-corrected chi connectivity index (χ1v) is 13.2. The molecule has 0 fully saturated rings. The topological polar surface area (TPSA) is 49.9 Å². The van der Waals surface area contributed by atoms with Crippen molar-refractivity contribution in [1.82, 2.24) is 0 Å². The quantitative estimate of drug-likeness (QED) is 0.282. The Hall–Kier alpha value is -3.41. The molecule has 4 rings (SSSR count). The number of halogens is 6. The highest BCUT2D eigenvalue weighted by Crippen LogP contribution is 2.41. The first kappa shape index (κ1) is 27.6. The molecule has 1 aliphatic rings. The number of benzene rings is 3. The molecule has 204 valence electrons. The van der Waals surface area contributed by atoms with Crippen molar-refractivity contribution in [1.29, 1.82) is 0 Å². The molecule has 3 aromatic carbocycles. The number of ether oxygens (including phenoxy) is 1. The molecule has 12 heteroatoms. The van der Waals surface area contributed by atoms with Gasteiger partial charge in [-0.15, -0.1) is 0 Å². The average Bonchev–Trinajstić information content (AvgIpc) is 2.85. The molecule has 0 atom stereocenters. The van der Waals surface area contributed by atoms with E-state index in [1.54, 1.807) is 12.1 Å². The highest BCUT2D eigenvalue weighted by atomic mass is 32.2. The zero-order valence-corrected chi connectivity index (χ0v) is 21.0. The number of anilines is 2. The molecule has 5 nitrogen and oxygen atoms in total. The summed E-state index contributed by atoms with van der Waals surface area (Å²) in [4.78, 5) is 1.45. The van der Waals surface area contributed by atoms with Gasteiger partial charge in [-0.05, 0) is 60.0 Å². The predicted molar refractivity (Wildman–Crippen MR) is 132 cm³/mol. The van der Waals surface area contributed by atoms with E-state index < -0.39 is 44.8 Å². The van der Waals surface area contributed by atoms with Crippen molar-refractivity contribution < 1.29 is 39.5 Å². The number of rotatable bonds is 8. The van der Waals surface area contributed by atoms with Crippen LogP contribution < -0.4 is 13.9 Å². The second-order valence-corrected chi connectivity index (χ2v) is 10.6. The number of fused-ring (bicyclic) bond motifs is 1. The van der Waals surface area contributed by atoms with Gasteiger partial charge in [0, 0.05) is 19.2 Å². The third-order valence-electron chi connectivity index (χ3n) is 6.12. The lowest BCUT2D eigenvalue weighted by molar-refractivity contribution is -0.137. The molecule has 3 aromatic rings. The fourth-order valence-corrected chi connectivity index (χ4v) is 5.82. The van der Waals surface area contributed by atoms with Crippen molar-refractivity contribution in [3.63, 3.8) is 0 Å². The third kappa shape index (κ3) is 5.85. The smallest absolute Gasteiger partial charge is 0.416 e. The van der Waals surface area contributed by atoms with Gasteiger partial charge in [-0.25, -0.2) is 12.8 Å². The summed E-state index contributed by atoms with van der Waals surface area (Å²) in [5.74, 6) is -1.25. The highest BCUT2D eigenvalue weighted by Gasteiger charge is 2.35. The normalized spacial score (nSPS) is 14.1. The SMILES string of the molecule is CCCCN1CCN(S(=O)(=O)c2cccc(C(F)(F)F)c2)c2cc(-c3cc(F)cc(OC(F)F)c3)ccc21. The Morgan fingerprint density at radius 2 is 1.71 bits per heavy atom. The van der Waals surface area contributed by atoms with E-state index in [1.165, 1.54) is 12.1 Å². The molecule has 0 spiro atoms. The zero-order chi connectivity index (χ0) is 27.7. The minimum atomic E-state index is -4.73. The molecule has 38 heavy (non-hydrogen) atoms. The summed E-state index contributed by atoms with van der Waals surface area (Å²) in [6.07, 6.45) is -3.03. The fraction of sp³-hybridized carbons (Fsp3) is 0.308. The maximum atomic E-state index is 14.2. The van der Waals surface area contributed by atoms with Crippen molar-refractivity contribution in [2.75, 3.05) is 28.8 Å². The van der Waals surface area contributed by atoms with Crippen LogP contribution in [0.2, 0.25) is 0 Å². The minimum Gasteiger partial charge on any atom is -0.435 e. The average molecular weight is 559 g/mol. The number of sulfonamides is 1. The summed E-state index contributed by atoms with van der Waals surface area (Å²) < 4.78 is 112. The first-order valence-electron chi connectivity index (χ1n) is 11.7. The molecule has 1 aliphatic heterocycles. The molecule has 0 aromatic heterocycles. The van der Waals surface area contributed by atoms with Gasteiger partial charge in [0.1, 0.15) is 11.6 Å². The number of hydrogen-bond acceptors (Lipinski definition) is 4. The largest absolute Gasteiger partial charge is 0.435 e. The second kappa shape index (κ2) is 10.8. The molecule has 0 saturated carbocycles. The lowest BCUT2D eigenvalue weighted by atomic mass is 10.0. The van der Waals surface area contributed by atoms with E-state index in [0.717, 1.165) is 47.5 Å². The predicted octanol–water partition coefficient (Wildman–Crippen LogP) is 6.93. The standard InChI is InChI=1S/C26H24F6N2O3S/c1-2-3-9-33-10-11-34(38(35,36)22-6-4-5-19(15-22)26(30,31)32)24-14-17(7-8-23(24)33)18-12-20(27)16-21(13-18)37-25(28)29/h4-8,12-16,25H,2-3,9-11H2,1H3. The van der Waals surface area contributed by atoms with Crippen LogP contribution in [0.25, 0.3) is 11.1 Å². The van der Waals surface area contributed by atoms with Crippen LogP contribution in [0.4, 0.5) is 37.7 Å². The Labute approximate surface area is 216 Å². The Balaban J connectivity index is 1.82. The van der Waals surface area contributed by atoms with E-state index in [2.05, 4.69) is 4.74 Å². The van der Waals surface area contributed by atoms with Crippen LogP contribution in [-0.2, 0) is 16.2 Å². The van der Waals surface area contributed by atoms with E-state index in [4.69, 9.17) is 0 Å². The van der Waals surface area contributed by atoms with Crippen LogP contribution in [0.3, 0.4) is 0 Å². The first-order chi connectivity index (χ1) is 17.9. The Bertz CT molecular complexity index is 1410. The lowest BCUT2D eigenvalue weighted by Gasteiger charge is -2.38. The van der Waals surface area contributed by atoms with Crippen molar-refractivity contribution in [3.8, 4) is 16.9 Å². The maximum absolute atomic E-state index is 14.2. The van der Waals surface area contributed by atoms with Gasteiger partial charge >= 0.3 is 12.8 Å². The number of nitrogens with zero attached hydrogens (tertiary/aromatic N) is 2. The summed E-state index contributed by atoms with van der Waals surface area (Å²) in [7, 11) is -4.42. The summed E-state index contributed by atoms with van der Waals surface area (Å²) in [6.45, 7) is -0.291. The van der Waals surface area contributed by atoms with E-state index in [9.17, 15) is 34.8 Å². The molecule has 0 amide bonds.